The van der Waals surface area contributed by atoms with Gasteiger partial charge in [-0.05, 0) is 55.9 Å². The highest BCUT2D eigenvalue weighted by Gasteiger charge is 2.20. The lowest BCUT2D eigenvalue weighted by molar-refractivity contribution is -0.121. The van der Waals surface area contributed by atoms with Crippen LogP contribution in [0.25, 0.3) is 10.2 Å². The average Bonchev–Trinajstić information content (AvgIpc) is 3.17. The molecule has 2 heterocycles. The van der Waals surface area contributed by atoms with Crippen molar-refractivity contribution in [2.45, 2.75) is 45.1 Å². The van der Waals surface area contributed by atoms with E-state index >= 15 is 0 Å². The van der Waals surface area contributed by atoms with E-state index in [1.807, 2.05) is 0 Å². The standard InChI is InChI=1S/C23H26N4O4S/c28-16-6-3-5-15(13-16)21(30)25-11-4-10-24-19(29)9-12-27-14-26-22-20(23(27)31)17-7-1-2-8-18(17)32-22/h3,5-6,13-14,28H,1-2,4,7-12H2,(H,24,29)(H,25,30). The third-order valence-corrected chi connectivity index (χ3v) is 6.79. The number of hydrogen-bond donors (Lipinski definition) is 3. The third kappa shape index (κ3) is 4.99. The predicted octanol–water partition coefficient (Wildman–Crippen LogP) is 2.37. The lowest BCUT2D eigenvalue weighted by atomic mass is 9.97. The summed E-state index contributed by atoms with van der Waals surface area (Å²) in [4.78, 5) is 43.6. The van der Waals surface area contributed by atoms with Crippen LogP contribution in [0.1, 0.15) is 46.5 Å². The van der Waals surface area contributed by atoms with Crippen molar-refractivity contribution in [3.05, 3.63) is 57.0 Å². The van der Waals surface area contributed by atoms with Gasteiger partial charge in [0.05, 0.1) is 11.7 Å². The molecule has 0 spiro atoms. The molecule has 0 unspecified atom stereocenters. The summed E-state index contributed by atoms with van der Waals surface area (Å²) >= 11 is 1.62. The second-order valence-electron chi connectivity index (χ2n) is 7.89. The van der Waals surface area contributed by atoms with Crippen LogP contribution < -0.4 is 16.2 Å². The molecule has 1 aliphatic carbocycles. The molecule has 0 fully saturated rings. The summed E-state index contributed by atoms with van der Waals surface area (Å²) in [7, 11) is 0. The molecular weight excluding hydrogens is 428 g/mol. The molecule has 2 amide bonds. The zero-order chi connectivity index (χ0) is 22.5. The van der Waals surface area contributed by atoms with Crippen LogP contribution in [-0.2, 0) is 24.2 Å². The van der Waals surface area contributed by atoms with Gasteiger partial charge in [-0.25, -0.2) is 4.98 Å². The van der Waals surface area contributed by atoms with Crippen LogP contribution in [0.4, 0.5) is 0 Å². The summed E-state index contributed by atoms with van der Waals surface area (Å²) in [5.74, 6) is -0.383. The van der Waals surface area contributed by atoms with Gasteiger partial charge in [0.25, 0.3) is 11.5 Å². The van der Waals surface area contributed by atoms with E-state index in [2.05, 4.69) is 15.6 Å². The van der Waals surface area contributed by atoms with E-state index < -0.39 is 0 Å². The van der Waals surface area contributed by atoms with E-state index in [0.717, 1.165) is 41.5 Å². The minimum absolute atomic E-state index is 0.0391. The van der Waals surface area contributed by atoms with Crippen LogP contribution >= 0.6 is 11.3 Å². The maximum absolute atomic E-state index is 12.9. The fourth-order valence-electron chi connectivity index (χ4n) is 3.92. The molecule has 8 nitrogen and oxygen atoms in total. The number of nitrogens with zero attached hydrogens (tertiary/aromatic N) is 2. The first-order valence-corrected chi connectivity index (χ1v) is 11.7. The van der Waals surface area contributed by atoms with E-state index in [4.69, 9.17) is 0 Å². The number of phenolic OH excluding ortho intramolecular Hbond substituents is 1. The Morgan fingerprint density at radius 3 is 2.81 bits per heavy atom. The summed E-state index contributed by atoms with van der Waals surface area (Å²) in [5, 5.41) is 15.7. The monoisotopic (exact) mass is 454 g/mol. The Labute approximate surface area is 189 Å². The maximum atomic E-state index is 12.9. The highest BCUT2D eigenvalue weighted by Crippen LogP contribution is 2.33. The van der Waals surface area contributed by atoms with E-state index in [-0.39, 0.29) is 36.1 Å². The van der Waals surface area contributed by atoms with Gasteiger partial charge in [0.15, 0.2) is 0 Å². The van der Waals surface area contributed by atoms with Crippen molar-refractivity contribution >= 4 is 33.4 Å². The number of benzene rings is 1. The Morgan fingerprint density at radius 1 is 1.16 bits per heavy atom. The molecule has 9 heteroatoms. The van der Waals surface area contributed by atoms with Gasteiger partial charge < -0.3 is 15.7 Å². The molecule has 0 bridgehead atoms. The fraction of sp³-hybridized carbons (Fsp3) is 0.391. The molecule has 0 aliphatic heterocycles. The molecule has 3 N–H and O–H groups in total. The number of phenols is 1. The first-order chi connectivity index (χ1) is 15.5. The topological polar surface area (TPSA) is 113 Å². The van der Waals surface area contributed by atoms with Gasteiger partial charge >= 0.3 is 0 Å². The van der Waals surface area contributed by atoms with Crippen molar-refractivity contribution in [1.29, 1.82) is 0 Å². The minimum atomic E-state index is -0.273. The lowest BCUT2D eigenvalue weighted by Gasteiger charge is -2.10. The second kappa shape index (κ2) is 9.95. The first kappa shape index (κ1) is 22.0. The number of aryl methyl sites for hydroxylation is 3. The fourth-order valence-corrected chi connectivity index (χ4v) is 5.14. The number of fused-ring (bicyclic) bond motifs is 3. The highest BCUT2D eigenvalue weighted by molar-refractivity contribution is 7.18. The number of hydrogen-bond acceptors (Lipinski definition) is 6. The molecule has 168 valence electrons. The van der Waals surface area contributed by atoms with Gasteiger partial charge in [0.1, 0.15) is 10.6 Å². The SMILES string of the molecule is O=C(CCn1cnc2sc3c(c2c1=O)CCCC3)NCCCNC(=O)c1cccc(O)c1. The van der Waals surface area contributed by atoms with Crippen molar-refractivity contribution in [2.24, 2.45) is 0 Å². The van der Waals surface area contributed by atoms with Crippen molar-refractivity contribution in [3.63, 3.8) is 0 Å². The number of aromatic hydroxyl groups is 1. The van der Waals surface area contributed by atoms with Gasteiger partial charge in [0, 0.05) is 36.5 Å². The van der Waals surface area contributed by atoms with Crippen molar-refractivity contribution < 1.29 is 14.7 Å². The smallest absolute Gasteiger partial charge is 0.262 e. The normalized spacial score (nSPS) is 13.0. The van der Waals surface area contributed by atoms with Crippen LogP contribution in [0.2, 0.25) is 0 Å². The molecular formula is C23H26N4O4S. The Morgan fingerprint density at radius 2 is 1.97 bits per heavy atom. The quantitative estimate of drug-likeness (QED) is 0.452. The lowest BCUT2D eigenvalue weighted by Crippen LogP contribution is -2.31. The summed E-state index contributed by atoms with van der Waals surface area (Å²) in [6.45, 7) is 1.11. The summed E-state index contributed by atoms with van der Waals surface area (Å²) in [6.07, 6.45) is 6.51. The minimum Gasteiger partial charge on any atom is -0.508 e. The van der Waals surface area contributed by atoms with E-state index in [1.165, 1.54) is 27.9 Å². The van der Waals surface area contributed by atoms with Crippen molar-refractivity contribution in [1.82, 2.24) is 20.2 Å². The van der Waals surface area contributed by atoms with E-state index in [0.29, 0.717) is 25.1 Å². The second-order valence-corrected chi connectivity index (χ2v) is 8.98. The maximum Gasteiger partial charge on any atom is 0.262 e. The van der Waals surface area contributed by atoms with Crippen LogP contribution in [0.5, 0.6) is 5.75 Å². The number of carbonyl (C=O) groups is 2. The van der Waals surface area contributed by atoms with Crippen LogP contribution in [0, 0.1) is 0 Å². The summed E-state index contributed by atoms with van der Waals surface area (Å²) in [6, 6.07) is 6.13. The molecule has 32 heavy (non-hydrogen) atoms. The Bertz CT molecular complexity index is 1200. The van der Waals surface area contributed by atoms with Crippen LogP contribution in [0.15, 0.2) is 35.4 Å². The number of amides is 2. The molecule has 2 aromatic heterocycles. The molecule has 0 saturated carbocycles. The summed E-state index contributed by atoms with van der Waals surface area (Å²) in [5.41, 5.74) is 1.48. The van der Waals surface area contributed by atoms with Gasteiger partial charge in [-0.1, -0.05) is 6.07 Å². The predicted molar refractivity (Wildman–Crippen MR) is 123 cm³/mol. The molecule has 0 radical (unpaired) electrons. The van der Waals surface area contributed by atoms with E-state index in [1.54, 1.807) is 23.5 Å². The number of nitrogens with one attached hydrogen (secondary N) is 2. The first-order valence-electron chi connectivity index (χ1n) is 10.9. The van der Waals surface area contributed by atoms with Crippen molar-refractivity contribution in [2.75, 3.05) is 13.1 Å². The van der Waals surface area contributed by atoms with Crippen molar-refractivity contribution in [3.8, 4) is 5.75 Å². The zero-order valence-electron chi connectivity index (χ0n) is 17.7. The number of aromatic nitrogens is 2. The third-order valence-electron chi connectivity index (χ3n) is 5.59. The van der Waals surface area contributed by atoms with Crippen LogP contribution in [-0.4, -0.2) is 39.6 Å². The van der Waals surface area contributed by atoms with Gasteiger partial charge in [-0.3, -0.25) is 19.0 Å². The molecule has 1 aromatic carbocycles. The van der Waals surface area contributed by atoms with Crippen LogP contribution in [0.3, 0.4) is 0 Å². The number of carbonyl (C=O) groups excluding carboxylic acids is 2. The molecule has 1 aliphatic rings. The van der Waals surface area contributed by atoms with Gasteiger partial charge in [0.2, 0.25) is 5.91 Å². The zero-order valence-corrected chi connectivity index (χ0v) is 18.5. The highest BCUT2D eigenvalue weighted by atomic mass is 32.1. The average molecular weight is 455 g/mol. The number of thiophene rings is 1. The Hall–Kier alpha value is -3.20. The van der Waals surface area contributed by atoms with Gasteiger partial charge in [-0.15, -0.1) is 11.3 Å². The van der Waals surface area contributed by atoms with E-state index in [9.17, 15) is 19.5 Å². The summed E-state index contributed by atoms with van der Waals surface area (Å²) < 4.78 is 1.53. The molecule has 3 aromatic rings. The molecule has 0 saturated heterocycles. The van der Waals surface area contributed by atoms with Gasteiger partial charge in [-0.2, -0.15) is 0 Å². The molecule has 0 atom stereocenters. The Balaban J connectivity index is 1.22. The number of rotatable bonds is 8. The Kier molecular flexibility index (Phi) is 6.84. The largest absolute Gasteiger partial charge is 0.508 e. The molecule has 4 rings (SSSR count).